The lowest BCUT2D eigenvalue weighted by Crippen LogP contribution is -1.94. The highest BCUT2D eigenvalue weighted by molar-refractivity contribution is 9.10. The smallest absolute Gasteiger partial charge is 0.148 e. The first-order valence-electron chi connectivity index (χ1n) is 2.61. The molecule has 0 atom stereocenters. The van der Waals surface area contributed by atoms with E-state index in [-0.39, 0.29) is 5.69 Å². The second-order valence-corrected chi connectivity index (χ2v) is 2.75. The lowest BCUT2D eigenvalue weighted by molar-refractivity contribution is 0.633. The summed E-state index contributed by atoms with van der Waals surface area (Å²) in [5.74, 6) is -0.485. The van der Waals surface area contributed by atoms with Crippen molar-refractivity contribution < 1.29 is 4.39 Å². The molecule has 0 aliphatic rings. The maximum atomic E-state index is 12.5. The van der Waals surface area contributed by atoms with Crippen LogP contribution in [0.25, 0.3) is 0 Å². The molecule has 0 spiro atoms. The predicted molar refractivity (Wildman–Crippen MR) is 42.9 cm³/mol. The average Bonchev–Trinajstić information content (AvgIpc) is 1.84. The fourth-order valence-corrected chi connectivity index (χ4v) is 0.939. The summed E-state index contributed by atoms with van der Waals surface area (Å²) in [6.45, 7) is 0. The van der Waals surface area contributed by atoms with E-state index in [1.807, 2.05) is 0 Å². The Balaban J connectivity index is 3.28. The van der Waals surface area contributed by atoms with Gasteiger partial charge in [0, 0.05) is 16.2 Å². The van der Waals surface area contributed by atoms with Gasteiger partial charge in [-0.1, -0.05) is 0 Å². The molecule has 0 radical (unpaired) electrons. The van der Waals surface area contributed by atoms with Gasteiger partial charge in [0.15, 0.2) is 0 Å². The van der Waals surface area contributed by atoms with E-state index in [4.69, 9.17) is 11.5 Å². The van der Waals surface area contributed by atoms with Gasteiger partial charge in [-0.25, -0.2) is 4.39 Å². The van der Waals surface area contributed by atoms with Crippen LogP contribution in [-0.2, 0) is 0 Å². The Morgan fingerprint density at radius 2 is 1.80 bits per heavy atom. The molecule has 0 amide bonds. The normalized spacial score (nSPS) is 9.80. The quantitative estimate of drug-likeness (QED) is 0.634. The van der Waals surface area contributed by atoms with E-state index in [1.165, 1.54) is 12.1 Å². The van der Waals surface area contributed by atoms with Gasteiger partial charge in [0.05, 0.1) is 5.69 Å². The summed E-state index contributed by atoms with van der Waals surface area (Å²) in [4.78, 5) is 0. The van der Waals surface area contributed by atoms with Crippen LogP contribution in [0.3, 0.4) is 0 Å². The molecule has 0 heterocycles. The van der Waals surface area contributed by atoms with Crippen molar-refractivity contribution in [2.24, 2.45) is 0 Å². The minimum atomic E-state index is -0.485. The lowest BCUT2D eigenvalue weighted by atomic mass is 10.3. The molecule has 4 N–H and O–H groups in total. The Bertz CT molecular complexity index is 212. The Morgan fingerprint density at radius 1 is 1.20 bits per heavy atom. The molecular weight excluding hydrogens is 199 g/mol. The average molecular weight is 205 g/mol. The summed E-state index contributed by atoms with van der Waals surface area (Å²) in [6, 6.07) is 2.62. The van der Waals surface area contributed by atoms with Crippen LogP contribution < -0.4 is 11.5 Å². The molecule has 54 valence electrons. The molecule has 0 saturated heterocycles. The zero-order chi connectivity index (χ0) is 7.72. The number of benzene rings is 1. The van der Waals surface area contributed by atoms with Crippen molar-refractivity contribution in [2.75, 3.05) is 11.5 Å². The van der Waals surface area contributed by atoms with Crippen molar-refractivity contribution in [1.82, 2.24) is 0 Å². The Hall–Kier alpha value is -0.770. The van der Waals surface area contributed by atoms with Gasteiger partial charge >= 0.3 is 0 Å². The zero-order valence-corrected chi connectivity index (χ0v) is 6.65. The first-order chi connectivity index (χ1) is 4.61. The van der Waals surface area contributed by atoms with Crippen molar-refractivity contribution in [2.45, 2.75) is 0 Å². The van der Waals surface area contributed by atoms with Crippen LogP contribution in [0.1, 0.15) is 0 Å². The van der Waals surface area contributed by atoms with Gasteiger partial charge in [0.25, 0.3) is 0 Å². The SMILES string of the molecule is Nc1cc(Br)c(N)cc1F. The monoisotopic (exact) mass is 204 g/mol. The first kappa shape index (κ1) is 7.34. The van der Waals surface area contributed by atoms with Crippen LogP contribution in [0.4, 0.5) is 15.8 Å². The molecule has 1 aromatic carbocycles. The molecule has 1 rings (SSSR count). The summed E-state index contributed by atoms with van der Waals surface area (Å²) < 4.78 is 13.2. The summed E-state index contributed by atoms with van der Waals surface area (Å²) in [5, 5.41) is 0. The van der Waals surface area contributed by atoms with Crippen LogP contribution in [0.5, 0.6) is 0 Å². The maximum absolute atomic E-state index is 12.5. The predicted octanol–water partition coefficient (Wildman–Crippen LogP) is 1.75. The fourth-order valence-electron chi connectivity index (χ4n) is 0.578. The van der Waals surface area contributed by atoms with E-state index in [0.717, 1.165) is 0 Å². The maximum Gasteiger partial charge on any atom is 0.148 e. The second kappa shape index (κ2) is 2.46. The number of rotatable bonds is 0. The van der Waals surface area contributed by atoms with Crippen molar-refractivity contribution in [3.05, 3.63) is 22.4 Å². The van der Waals surface area contributed by atoms with Gasteiger partial charge in [-0.2, -0.15) is 0 Å². The van der Waals surface area contributed by atoms with E-state index in [0.29, 0.717) is 10.2 Å². The van der Waals surface area contributed by atoms with Crippen LogP contribution in [0.15, 0.2) is 16.6 Å². The van der Waals surface area contributed by atoms with E-state index in [1.54, 1.807) is 0 Å². The molecule has 4 heteroatoms. The summed E-state index contributed by atoms with van der Waals surface area (Å²) in [5.41, 5.74) is 11.0. The number of hydrogen-bond acceptors (Lipinski definition) is 2. The number of halogens is 2. The fraction of sp³-hybridized carbons (Fsp3) is 0. The molecule has 0 unspecified atom stereocenters. The van der Waals surface area contributed by atoms with Gasteiger partial charge in [-0.3, -0.25) is 0 Å². The number of anilines is 2. The molecule has 10 heavy (non-hydrogen) atoms. The van der Waals surface area contributed by atoms with Crippen LogP contribution >= 0.6 is 15.9 Å². The third-order valence-corrected chi connectivity index (χ3v) is 1.80. The highest BCUT2D eigenvalue weighted by Gasteiger charge is 2.01. The van der Waals surface area contributed by atoms with Gasteiger partial charge in [-0.05, 0) is 22.0 Å². The minimum Gasteiger partial charge on any atom is -0.398 e. The molecule has 0 bridgehead atoms. The summed E-state index contributed by atoms with van der Waals surface area (Å²) in [7, 11) is 0. The molecule has 0 aliphatic carbocycles. The van der Waals surface area contributed by atoms with Crippen LogP contribution in [-0.4, -0.2) is 0 Å². The zero-order valence-electron chi connectivity index (χ0n) is 5.07. The third-order valence-electron chi connectivity index (χ3n) is 1.12. The van der Waals surface area contributed by atoms with Crippen LogP contribution in [0.2, 0.25) is 0 Å². The highest BCUT2D eigenvalue weighted by Crippen LogP contribution is 2.24. The van der Waals surface area contributed by atoms with E-state index in [2.05, 4.69) is 15.9 Å². The van der Waals surface area contributed by atoms with E-state index >= 15 is 0 Å². The van der Waals surface area contributed by atoms with Crippen molar-refractivity contribution >= 4 is 27.3 Å². The molecule has 0 fully saturated rings. The van der Waals surface area contributed by atoms with Crippen molar-refractivity contribution in [1.29, 1.82) is 0 Å². The second-order valence-electron chi connectivity index (χ2n) is 1.90. The Kier molecular flexibility index (Phi) is 1.80. The molecule has 2 nitrogen and oxygen atoms in total. The van der Waals surface area contributed by atoms with Crippen molar-refractivity contribution in [3.8, 4) is 0 Å². The summed E-state index contributed by atoms with van der Waals surface area (Å²) in [6.07, 6.45) is 0. The topological polar surface area (TPSA) is 52.0 Å². The molecule has 0 aliphatic heterocycles. The first-order valence-corrected chi connectivity index (χ1v) is 3.40. The van der Waals surface area contributed by atoms with Gasteiger partial charge < -0.3 is 11.5 Å². The molecule has 0 saturated carbocycles. The Morgan fingerprint density at radius 3 is 2.30 bits per heavy atom. The summed E-state index contributed by atoms with van der Waals surface area (Å²) >= 11 is 3.11. The number of nitrogens with two attached hydrogens (primary N) is 2. The highest BCUT2D eigenvalue weighted by atomic mass is 79.9. The van der Waals surface area contributed by atoms with E-state index in [9.17, 15) is 4.39 Å². The van der Waals surface area contributed by atoms with Crippen molar-refractivity contribution in [3.63, 3.8) is 0 Å². The van der Waals surface area contributed by atoms with Crippen LogP contribution in [0, 0.1) is 5.82 Å². The molecule has 0 aromatic heterocycles. The lowest BCUT2D eigenvalue weighted by Gasteiger charge is -1.99. The van der Waals surface area contributed by atoms with Gasteiger partial charge in [0.1, 0.15) is 5.82 Å². The van der Waals surface area contributed by atoms with Gasteiger partial charge in [-0.15, -0.1) is 0 Å². The third kappa shape index (κ3) is 1.21. The minimum absolute atomic E-state index is 0.0982. The largest absolute Gasteiger partial charge is 0.398 e. The van der Waals surface area contributed by atoms with Gasteiger partial charge in [0.2, 0.25) is 0 Å². The Labute approximate surface area is 66.1 Å². The number of nitrogen functional groups attached to an aromatic ring is 2. The molecule has 1 aromatic rings. The standard InChI is InChI=1S/C6H6BrFN2/c7-3-1-6(10)4(8)2-5(3)9/h1-2H,9-10H2. The molecular formula is C6H6BrFN2. The van der Waals surface area contributed by atoms with E-state index < -0.39 is 5.82 Å². The number of hydrogen-bond donors (Lipinski definition) is 2.